The zero-order valence-corrected chi connectivity index (χ0v) is 15.3. The number of aromatic nitrogens is 2. The van der Waals surface area contributed by atoms with E-state index in [9.17, 15) is 4.79 Å². The van der Waals surface area contributed by atoms with Gasteiger partial charge in [-0.25, -0.2) is 14.8 Å². The number of carbonyl (C=O) groups is 1. The second kappa shape index (κ2) is 7.75. The van der Waals surface area contributed by atoms with Crippen molar-refractivity contribution in [3.63, 3.8) is 0 Å². The summed E-state index contributed by atoms with van der Waals surface area (Å²) in [5.41, 5.74) is 4.12. The lowest BCUT2D eigenvalue weighted by Gasteiger charge is -2.11. The van der Waals surface area contributed by atoms with E-state index in [0.29, 0.717) is 11.5 Å². The van der Waals surface area contributed by atoms with Crippen LogP contribution in [0.3, 0.4) is 0 Å². The van der Waals surface area contributed by atoms with E-state index in [1.54, 1.807) is 0 Å². The molecule has 1 heterocycles. The van der Waals surface area contributed by atoms with Gasteiger partial charge in [0.15, 0.2) is 0 Å². The predicted octanol–water partition coefficient (Wildman–Crippen LogP) is 5.33. The minimum absolute atomic E-state index is 0.301. The summed E-state index contributed by atoms with van der Waals surface area (Å²) < 4.78 is 0. The normalized spacial score (nSPS) is 10.5. The Morgan fingerprint density at radius 1 is 0.821 bits per heavy atom. The molecule has 138 valence electrons. The number of nitrogens with zero attached hydrogens (tertiary/aromatic N) is 2. The van der Waals surface area contributed by atoms with E-state index >= 15 is 0 Å². The molecule has 3 N–H and O–H groups in total. The van der Waals surface area contributed by atoms with Gasteiger partial charge in [0, 0.05) is 22.4 Å². The standard InChI is InChI=1S/C22H19N5O/c1-15-7-5-6-10-19(15)27-22(28)26-17-11-12-18-20(13-17)23-14-24-21(18)25-16-8-3-2-4-9-16/h2-14H,1H3,(H,23,24,25)(H2,26,27,28). The number of anilines is 4. The van der Waals surface area contributed by atoms with Crippen LogP contribution >= 0.6 is 0 Å². The quantitative estimate of drug-likeness (QED) is 0.454. The van der Waals surface area contributed by atoms with Crippen LogP contribution in [0.25, 0.3) is 10.9 Å². The number of para-hydroxylation sites is 2. The number of hydrogen-bond acceptors (Lipinski definition) is 4. The fourth-order valence-corrected chi connectivity index (χ4v) is 2.89. The molecule has 6 heteroatoms. The van der Waals surface area contributed by atoms with Crippen molar-refractivity contribution in [1.82, 2.24) is 9.97 Å². The number of carbonyl (C=O) groups excluding carboxylic acids is 1. The Kier molecular flexibility index (Phi) is 4.84. The summed E-state index contributed by atoms with van der Waals surface area (Å²) in [6, 6.07) is 22.7. The van der Waals surface area contributed by atoms with E-state index in [-0.39, 0.29) is 6.03 Å². The van der Waals surface area contributed by atoms with Crippen molar-refractivity contribution in [3.8, 4) is 0 Å². The number of amides is 2. The first kappa shape index (κ1) is 17.5. The van der Waals surface area contributed by atoms with Crippen molar-refractivity contribution in [3.05, 3.63) is 84.7 Å². The molecule has 0 saturated heterocycles. The lowest BCUT2D eigenvalue weighted by molar-refractivity contribution is 0.262. The Bertz CT molecular complexity index is 1130. The van der Waals surface area contributed by atoms with Gasteiger partial charge in [-0.3, -0.25) is 0 Å². The third-order valence-corrected chi connectivity index (χ3v) is 4.32. The molecule has 0 bridgehead atoms. The molecule has 0 aliphatic carbocycles. The Hall–Kier alpha value is -3.93. The summed E-state index contributed by atoms with van der Waals surface area (Å²) in [7, 11) is 0. The highest BCUT2D eigenvalue weighted by Crippen LogP contribution is 2.25. The van der Waals surface area contributed by atoms with Crippen LogP contribution in [0, 0.1) is 6.92 Å². The Balaban J connectivity index is 1.53. The number of rotatable bonds is 4. The topological polar surface area (TPSA) is 78.9 Å². The average molecular weight is 369 g/mol. The highest BCUT2D eigenvalue weighted by molar-refractivity contribution is 6.02. The van der Waals surface area contributed by atoms with Gasteiger partial charge in [-0.05, 0) is 48.9 Å². The molecular formula is C22H19N5O. The van der Waals surface area contributed by atoms with Gasteiger partial charge >= 0.3 is 6.03 Å². The molecule has 3 aromatic carbocycles. The number of nitrogens with one attached hydrogen (secondary N) is 3. The minimum Gasteiger partial charge on any atom is -0.340 e. The van der Waals surface area contributed by atoms with E-state index in [4.69, 9.17) is 0 Å². The van der Waals surface area contributed by atoms with Crippen LogP contribution in [-0.4, -0.2) is 16.0 Å². The lowest BCUT2D eigenvalue weighted by Crippen LogP contribution is -2.19. The minimum atomic E-state index is -0.301. The summed E-state index contributed by atoms with van der Waals surface area (Å²) in [4.78, 5) is 21.0. The fraction of sp³-hybridized carbons (Fsp3) is 0.0455. The zero-order valence-electron chi connectivity index (χ0n) is 15.3. The first-order valence-corrected chi connectivity index (χ1v) is 8.89. The van der Waals surface area contributed by atoms with Crippen LogP contribution in [0.1, 0.15) is 5.56 Å². The van der Waals surface area contributed by atoms with Crippen LogP contribution in [0.2, 0.25) is 0 Å². The SMILES string of the molecule is Cc1ccccc1NC(=O)Nc1ccc2c(Nc3ccccc3)ncnc2c1. The second-order valence-electron chi connectivity index (χ2n) is 6.34. The van der Waals surface area contributed by atoms with Gasteiger partial charge in [0.25, 0.3) is 0 Å². The maximum Gasteiger partial charge on any atom is 0.323 e. The molecule has 0 atom stereocenters. The Labute approximate surface area is 162 Å². The zero-order chi connectivity index (χ0) is 19.3. The number of fused-ring (bicyclic) bond motifs is 1. The highest BCUT2D eigenvalue weighted by Gasteiger charge is 2.08. The maximum absolute atomic E-state index is 12.3. The van der Waals surface area contributed by atoms with Gasteiger partial charge in [0.2, 0.25) is 0 Å². The predicted molar refractivity (Wildman–Crippen MR) is 113 cm³/mol. The van der Waals surface area contributed by atoms with Crippen molar-refractivity contribution in [2.24, 2.45) is 0 Å². The summed E-state index contributed by atoms with van der Waals surface area (Å²) in [5.74, 6) is 0.715. The van der Waals surface area contributed by atoms with Crippen molar-refractivity contribution in [1.29, 1.82) is 0 Å². The first-order valence-electron chi connectivity index (χ1n) is 8.89. The van der Waals surface area contributed by atoms with Gasteiger partial charge in [-0.15, -0.1) is 0 Å². The first-order chi connectivity index (χ1) is 13.7. The van der Waals surface area contributed by atoms with E-state index in [2.05, 4.69) is 25.9 Å². The molecule has 0 unspecified atom stereocenters. The molecule has 6 nitrogen and oxygen atoms in total. The summed E-state index contributed by atoms with van der Waals surface area (Å²) >= 11 is 0. The molecule has 4 rings (SSSR count). The second-order valence-corrected chi connectivity index (χ2v) is 6.34. The van der Waals surface area contributed by atoms with Crippen LogP contribution < -0.4 is 16.0 Å². The average Bonchev–Trinajstić information content (AvgIpc) is 2.70. The summed E-state index contributed by atoms with van der Waals surface area (Å²) in [6.07, 6.45) is 1.50. The van der Waals surface area contributed by atoms with Gasteiger partial charge < -0.3 is 16.0 Å². The Morgan fingerprint density at radius 2 is 1.61 bits per heavy atom. The van der Waals surface area contributed by atoms with Crippen LogP contribution in [0.15, 0.2) is 79.1 Å². The molecule has 0 saturated carbocycles. The van der Waals surface area contributed by atoms with Crippen molar-refractivity contribution < 1.29 is 4.79 Å². The molecule has 0 fully saturated rings. The van der Waals surface area contributed by atoms with Crippen LogP contribution in [0.4, 0.5) is 27.7 Å². The van der Waals surface area contributed by atoms with Crippen LogP contribution in [0.5, 0.6) is 0 Å². The number of hydrogen-bond donors (Lipinski definition) is 3. The number of aryl methyl sites for hydroxylation is 1. The summed E-state index contributed by atoms with van der Waals surface area (Å²) in [6.45, 7) is 1.95. The highest BCUT2D eigenvalue weighted by atomic mass is 16.2. The van der Waals surface area contributed by atoms with Gasteiger partial charge in [-0.2, -0.15) is 0 Å². The fourth-order valence-electron chi connectivity index (χ4n) is 2.89. The van der Waals surface area contributed by atoms with E-state index in [1.807, 2.05) is 79.7 Å². The van der Waals surface area contributed by atoms with E-state index in [0.717, 1.165) is 27.8 Å². The molecule has 1 aromatic heterocycles. The summed E-state index contributed by atoms with van der Waals surface area (Å²) in [5, 5.41) is 9.87. The maximum atomic E-state index is 12.3. The molecule has 2 amide bonds. The molecule has 4 aromatic rings. The number of urea groups is 1. The van der Waals surface area contributed by atoms with Crippen LogP contribution in [-0.2, 0) is 0 Å². The molecule has 0 aliphatic rings. The van der Waals surface area contributed by atoms with Gasteiger partial charge in [-0.1, -0.05) is 36.4 Å². The smallest absolute Gasteiger partial charge is 0.323 e. The molecule has 0 aliphatic heterocycles. The van der Waals surface area contributed by atoms with Crippen molar-refractivity contribution in [2.75, 3.05) is 16.0 Å². The Morgan fingerprint density at radius 3 is 2.43 bits per heavy atom. The molecule has 0 spiro atoms. The third kappa shape index (κ3) is 3.91. The largest absolute Gasteiger partial charge is 0.340 e. The van der Waals surface area contributed by atoms with Gasteiger partial charge in [0.1, 0.15) is 12.1 Å². The van der Waals surface area contributed by atoms with Gasteiger partial charge in [0.05, 0.1) is 5.52 Å². The number of benzene rings is 3. The third-order valence-electron chi connectivity index (χ3n) is 4.32. The monoisotopic (exact) mass is 369 g/mol. The van der Waals surface area contributed by atoms with E-state index < -0.39 is 0 Å². The molecule has 0 radical (unpaired) electrons. The van der Waals surface area contributed by atoms with Crippen molar-refractivity contribution >= 4 is 39.8 Å². The van der Waals surface area contributed by atoms with Crippen molar-refractivity contribution in [2.45, 2.75) is 6.92 Å². The van der Waals surface area contributed by atoms with E-state index in [1.165, 1.54) is 6.33 Å². The lowest BCUT2D eigenvalue weighted by atomic mass is 10.2. The molecule has 28 heavy (non-hydrogen) atoms. The molecular weight excluding hydrogens is 350 g/mol.